The van der Waals surface area contributed by atoms with Gasteiger partial charge in [-0.25, -0.2) is 14.3 Å². The molecule has 1 N–H and O–H groups in total. The van der Waals surface area contributed by atoms with Crippen LogP contribution in [-0.4, -0.2) is 41.0 Å². The molecular weight excluding hydrogens is 360 g/mol. The van der Waals surface area contributed by atoms with Crippen molar-refractivity contribution >= 4 is 11.9 Å². The average Bonchev–Trinajstić information content (AvgIpc) is 3.10. The van der Waals surface area contributed by atoms with Crippen LogP contribution in [0.2, 0.25) is 0 Å². The van der Waals surface area contributed by atoms with Crippen LogP contribution in [-0.2, 0) is 9.47 Å². The maximum Gasteiger partial charge on any atom is 0.357 e. The molecule has 0 saturated heterocycles. The van der Waals surface area contributed by atoms with Crippen LogP contribution in [0.15, 0.2) is 42.5 Å². The summed E-state index contributed by atoms with van der Waals surface area (Å²) in [4.78, 5) is 25.1. The monoisotopic (exact) mass is 380 g/mol. The molecule has 0 saturated carbocycles. The smallest absolute Gasteiger partial charge is 0.357 e. The van der Waals surface area contributed by atoms with Gasteiger partial charge < -0.3 is 14.6 Å². The maximum absolute atomic E-state index is 12.6. The summed E-state index contributed by atoms with van der Waals surface area (Å²) in [6.07, 6.45) is 0. The summed E-state index contributed by atoms with van der Waals surface area (Å²) in [7, 11) is 2.44. The maximum atomic E-state index is 12.6. The molecule has 144 valence electrons. The minimum atomic E-state index is -0.754. The number of phenolic OH excluding ortho intramolecular Hbond substituents is 1. The molecule has 7 heteroatoms. The molecule has 0 aliphatic heterocycles. The van der Waals surface area contributed by atoms with E-state index in [1.165, 1.54) is 18.9 Å². The highest BCUT2D eigenvalue weighted by atomic mass is 16.5. The van der Waals surface area contributed by atoms with Crippen LogP contribution < -0.4 is 0 Å². The Bertz CT molecular complexity index is 1050. The van der Waals surface area contributed by atoms with Gasteiger partial charge in [-0.1, -0.05) is 18.2 Å². The average molecular weight is 380 g/mol. The number of nitrogens with zero attached hydrogens (tertiary/aromatic N) is 2. The topological polar surface area (TPSA) is 90.6 Å². The molecule has 0 aliphatic rings. The summed E-state index contributed by atoms with van der Waals surface area (Å²) in [6, 6.07) is 12.2. The molecule has 2 aromatic carbocycles. The molecule has 1 aromatic heterocycles. The van der Waals surface area contributed by atoms with Gasteiger partial charge in [-0.2, -0.15) is 5.10 Å². The van der Waals surface area contributed by atoms with Crippen molar-refractivity contribution in [2.24, 2.45) is 0 Å². The number of hydrogen-bond donors (Lipinski definition) is 1. The summed E-state index contributed by atoms with van der Waals surface area (Å²) in [5.74, 6) is -1.55. The van der Waals surface area contributed by atoms with Crippen LogP contribution in [0.3, 0.4) is 0 Å². The molecule has 0 bridgehead atoms. The van der Waals surface area contributed by atoms with Crippen LogP contribution in [0.1, 0.15) is 32.0 Å². The number of carbonyl (C=O) groups is 2. The van der Waals surface area contributed by atoms with Crippen LogP contribution in [0.4, 0.5) is 0 Å². The quantitative estimate of drug-likeness (QED) is 0.698. The van der Waals surface area contributed by atoms with Crippen molar-refractivity contribution in [3.63, 3.8) is 0 Å². The summed E-state index contributed by atoms with van der Waals surface area (Å²) in [5.41, 5.74) is 2.65. The van der Waals surface area contributed by atoms with Crippen molar-refractivity contribution in [3.8, 4) is 22.7 Å². The van der Waals surface area contributed by atoms with Crippen LogP contribution in [0, 0.1) is 13.8 Å². The molecule has 3 rings (SSSR count). The number of rotatable bonds is 4. The Morgan fingerprint density at radius 1 is 0.964 bits per heavy atom. The normalized spacial score (nSPS) is 10.6. The second-order valence-electron chi connectivity index (χ2n) is 6.26. The van der Waals surface area contributed by atoms with Crippen molar-refractivity contribution in [2.75, 3.05) is 14.2 Å². The first-order chi connectivity index (χ1) is 13.4. The van der Waals surface area contributed by atoms with E-state index in [1.54, 1.807) is 36.4 Å². The number of para-hydroxylation sites is 1. The standard InChI is InChI=1S/C21H20N2O5/c1-12-10-15(16(24)11-13(12)2)18-17(20(25)27-3)19(21(26)28-4)23(22-18)14-8-6-5-7-9-14/h5-11,24H,1-4H3. The summed E-state index contributed by atoms with van der Waals surface area (Å²) in [5, 5.41) is 15.0. The summed E-state index contributed by atoms with van der Waals surface area (Å²) >= 11 is 0. The first-order valence-corrected chi connectivity index (χ1v) is 8.54. The van der Waals surface area contributed by atoms with Crippen molar-refractivity contribution in [1.82, 2.24) is 9.78 Å². The Morgan fingerprint density at radius 3 is 2.18 bits per heavy atom. The van der Waals surface area contributed by atoms with Crippen LogP contribution in [0.25, 0.3) is 16.9 Å². The number of carbonyl (C=O) groups excluding carboxylic acids is 2. The Labute approximate surface area is 162 Å². The van der Waals surface area contributed by atoms with Gasteiger partial charge in [0.25, 0.3) is 0 Å². The molecular formula is C21H20N2O5. The first kappa shape index (κ1) is 19.2. The first-order valence-electron chi connectivity index (χ1n) is 8.54. The van der Waals surface area contributed by atoms with E-state index in [1.807, 2.05) is 19.9 Å². The number of esters is 2. The zero-order chi connectivity index (χ0) is 20.4. The molecule has 7 nitrogen and oxygen atoms in total. The zero-order valence-electron chi connectivity index (χ0n) is 16.0. The number of aryl methyl sites for hydroxylation is 2. The Hall–Kier alpha value is -3.61. The molecule has 1 heterocycles. The number of benzene rings is 2. The van der Waals surface area contributed by atoms with Gasteiger partial charge in [-0.05, 0) is 49.2 Å². The lowest BCUT2D eigenvalue weighted by Gasteiger charge is -2.08. The van der Waals surface area contributed by atoms with Gasteiger partial charge in [-0.15, -0.1) is 0 Å². The van der Waals surface area contributed by atoms with E-state index < -0.39 is 11.9 Å². The van der Waals surface area contributed by atoms with Gasteiger partial charge in [0.1, 0.15) is 17.0 Å². The largest absolute Gasteiger partial charge is 0.507 e. The van der Waals surface area contributed by atoms with Crippen LogP contribution in [0.5, 0.6) is 5.75 Å². The van der Waals surface area contributed by atoms with Crippen LogP contribution >= 0.6 is 0 Å². The van der Waals surface area contributed by atoms with Crippen molar-refractivity contribution in [2.45, 2.75) is 13.8 Å². The van der Waals surface area contributed by atoms with Gasteiger partial charge in [0.2, 0.25) is 0 Å². The van der Waals surface area contributed by atoms with Crippen molar-refractivity contribution in [1.29, 1.82) is 0 Å². The van der Waals surface area contributed by atoms with E-state index in [-0.39, 0.29) is 22.7 Å². The van der Waals surface area contributed by atoms with Gasteiger partial charge in [0.05, 0.1) is 19.9 Å². The fraction of sp³-hybridized carbons (Fsp3) is 0.190. The third kappa shape index (κ3) is 3.22. The molecule has 0 unspecified atom stereocenters. The number of aromatic nitrogens is 2. The van der Waals surface area contributed by atoms with E-state index >= 15 is 0 Å². The van der Waals surface area contributed by atoms with Gasteiger partial charge in [0.15, 0.2) is 5.69 Å². The Kier molecular flexibility index (Phi) is 5.17. The lowest BCUT2D eigenvalue weighted by molar-refractivity contribution is 0.0549. The van der Waals surface area contributed by atoms with E-state index in [9.17, 15) is 14.7 Å². The third-order valence-corrected chi connectivity index (χ3v) is 4.52. The Morgan fingerprint density at radius 2 is 1.57 bits per heavy atom. The minimum Gasteiger partial charge on any atom is -0.507 e. The fourth-order valence-electron chi connectivity index (χ4n) is 2.93. The highest BCUT2D eigenvalue weighted by molar-refractivity contribution is 6.07. The lowest BCUT2D eigenvalue weighted by Crippen LogP contribution is -2.15. The predicted molar refractivity (Wildman–Crippen MR) is 103 cm³/mol. The molecule has 0 spiro atoms. The second kappa shape index (κ2) is 7.56. The molecule has 3 aromatic rings. The molecule has 0 fully saturated rings. The van der Waals surface area contributed by atoms with E-state index in [0.29, 0.717) is 11.3 Å². The highest BCUT2D eigenvalue weighted by Gasteiger charge is 2.32. The van der Waals surface area contributed by atoms with E-state index in [4.69, 9.17) is 9.47 Å². The second-order valence-corrected chi connectivity index (χ2v) is 6.26. The predicted octanol–water partition coefficient (Wildman–Crippen LogP) is 3.43. The molecule has 0 amide bonds. The van der Waals surface area contributed by atoms with Gasteiger partial charge in [0, 0.05) is 5.56 Å². The number of phenols is 1. The SMILES string of the molecule is COC(=O)c1c(-c2cc(C)c(C)cc2O)nn(-c2ccccc2)c1C(=O)OC. The van der Waals surface area contributed by atoms with Crippen molar-refractivity contribution < 1.29 is 24.2 Å². The Balaban J connectivity index is 2.40. The fourth-order valence-corrected chi connectivity index (χ4v) is 2.93. The molecule has 0 atom stereocenters. The summed E-state index contributed by atoms with van der Waals surface area (Å²) in [6.45, 7) is 3.74. The molecule has 28 heavy (non-hydrogen) atoms. The molecule has 0 aliphatic carbocycles. The summed E-state index contributed by atoms with van der Waals surface area (Å²) < 4.78 is 11.1. The number of aromatic hydroxyl groups is 1. The number of hydrogen-bond acceptors (Lipinski definition) is 6. The number of methoxy groups -OCH3 is 2. The molecule has 0 radical (unpaired) electrons. The van der Waals surface area contributed by atoms with E-state index in [0.717, 1.165) is 11.1 Å². The van der Waals surface area contributed by atoms with Gasteiger partial charge >= 0.3 is 11.9 Å². The van der Waals surface area contributed by atoms with E-state index in [2.05, 4.69) is 5.10 Å². The van der Waals surface area contributed by atoms with Gasteiger partial charge in [-0.3, -0.25) is 0 Å². The highest BCUT2D eigenvalue weighted by Crippen LogP contribution is 2.36. The zero-order valence-corrected chi connectivity index (χ0v) is 16.0. The van der Waals surface area contributed by atoms with Crippen molar-refractivity contribution in [3.05, 3.63) is 64.8 Å². The minimum absolute atomic E-state index is 0.0534. The number of ether oxygens (including phenoxy) is 2. The lowest BCUT2D eigenvalue weighted by atomic mass is 9.99. The third-order valence-electron chi connectivity index (χ3n) is 4.52.